The Hall–Kier alpha value is -1.26. The van der Waals surface area contributed by atoms with Gasteiger partial charge in [-0.3, -0.25) is 5.41 Å². The zero-order chi connectivity index (χ0) is 12.1. The minimum Gasteiger partial charge on any atom is -0.384 e. The first-order chi connectivity index (χ1) is 7.56. The normalized spacial score (nSPS) is 12.2. The van der Waals surface area contributed by atoms with Crippen LogP contribution in [-0.2, 0) is 4.74 Å². The summed E-state index contributed by atoms with van der Waals surface area (Å²) in [6.07, 6.45) is 0.0822. The Morgan fingerprint density at radius 3 is 2.88 bits per heavy atom. The van der Waals surface area contributed by atoms with Gasteiger partial charge in [-0.25, -0.2) is 0 Å². The Kier molecular flexibility index (Phi) is 4.58. The Balaban J connectivity index is 2.87. The third kappa shape index (κ3) is 3.12. The van der Waals surface area contributed by atoms with Crippen molar-refractivity contribution in [3.63, 3.8) is 0 Å². The molecule has 88 valence electrons. The van der Waals surface area contributed by atoms with E-state index < -0.39 is 0 Å². The molecule has 0 radical (unpaired) electrons. The number of benzene rings is 1. The van der Waals surface area contributed by atoms with Crippen LogP contribution < -0.4 is 11.1 Å². The number of hydrogen-bond acceptors (Lipinski definition) is 3. The number of methoxy groups -OCH3 is 1. The van der Waals surface area contributed by atoms with Crippen LogP contribution in [0.2, 0.25) is 5.02 Å². The summed E-state index contributed by atoms with van der Waals surface area (Å²) >= 11 is 5.98. The molecular weight excluding hydrogens is 226 g/mol. The smallest absolute Gasteiger partial charge is 0.126 e. The minimum atomic E-state index is -0.0434. The summed E-state index contributed by atoms with van der Waals surface area (Å²) in [6.45, 7) is 2.59. The molecule has 0 saturated carbocycles. The maximum absolute atomic E-state index is 7.47. The van der Waals surface area contributed by atoms with Crippen molar-refractivity contribution in [2.24, 2.45) is 5.73 Å². The average molecular weight is 242 g/mol. The fourth-order valence-electron chi connectivity index (χ4n) is 1.28. The molecule has 0 aliphatic heterocycles. The number of ether oxygens (including phenoxy) is 1. The van der Waals surface area contributed by atoms with Crippen molar-refractivity contribution in [3.05, 3.63) is 28.8 Å². The van der Waals surface area contributed by atoms with E-state index in [2.05, 4.69) is 5.32 Å². The molecule has 0 spiro atoms. The Morgan fingerprint density at radius 2 is 2.31 bits per heavy atom. The minimum absolute atomic E-state index is 0.0434. The molecule has 0 bridgehead atoms. The lowest BCUT2D eigenvalue weighted by Gasteiger charge is -2.15. The third-order valence-electron chi connectivity index (χ3n) is 2.27. The highest BCUT2D eigenvalue weighted by Gasteiger charge is 2.10. The maximum Gasteiger partial charge on any atom is 0.126 e. The van der Waals surface area contributed by atoms with Crippen molar-refractivity contribution in [2.45, 2.75) is 13.0 Å². The molecule has 0 saturated heterocycles. The number of nitrogen functional groups attached to an aromatic ring is 1. The third-order valence-corrected chi connectivity index (χ3v) is 2.58. The zero-order valence-corrected chi connectivity index (χ0v) is 10.1. The largest absolute Gasteiger partial charge is 0.384 e. The summed E-state index contributed by atoms with van der Waals surface area (Å²) in [5.74, 6) is -0.0434. The molecule has 4 nitrogen and oxygen atoms in total. The second-order valence-electron chi connectivity index (χ2n) is 3.50. The van der Waals surface area contributed by atoms with E-state index in [1.807, 2.05) is 19.1 Å². The lowest BCUT2D eigenvalue weighted by molar-refractivity contribution is 0.129. The number of nitrogens with two attached hydrogens (primary N) is 1. The van der Waals surface area contributed by atoms with Gasteiger partial charge in [-0.05, 0) is 19.1 Å². The van der Waals surface area contributed by atoms with E-state index >= 15 is 0 Å². The van der Waals surface area contributed by atoms with Crippen molar-refractivity contribution < 1.29 is 4.74 Å². The summed E-state index contributed by atoms with van der Waals surface area (Å²) in [4.78, 5) is 0. The van der Waals surface area contributed by atoms with E-state index in [0.717, 1.165) is 5.69 Å². The molecule has 5 heteroatoms. The highest BCUT2D eigenvalue weighted by atomic mass is 35.5. The van der Waals surface area contributed by atoms with Crippen molar-refractivity contribution >= 4 is 23.1 Å². The van der Waals surface area contributed by atoms with Crippen LogP contribution in [0.25, 0.3) is 0 Å². The van der Waals surface area contributed by atoms with E-state index in [9.17, 15) is 0 Å². The number of halogens is 1. The van der Waals surface area contributed by atoms with Gasteiger partial charge in [-0.1, -0.05) is 17.7 Å². The highest BCUT2D eigenvalue weighted by Crippen LogP contribution is 2.23. The van der Waals surface area contributed by atoms with Gasteiger partial charge in [-0.2, -0.15) is 0 Å². The monoisotopic (exact) mass is 241 g/mol. The molecule has 1 aromatic rings. The fourth-order valence-corrected chi connectivity index (χ4v) is 1.56. The molecule has 0 aliphatic carbocycles. The van der Waals surface area contributed by atoms with Crippen LogP contribution in [0.4, 0.5) is 5.69 Å². The van der Waals surface area contributed by atoms with Crippen LogP contribution >= 0.6 is 11.6 Å². The lowest BCUT2D eigenvalue weighted by atomic mass is 10.1. The Bertz CT molecular complexity index is 381. The van der Waals surface area contributed by atoms with Gasteiger partial charge in [0.25, 0.3) is 0 Å². The number of amidine groups is 1. The topological polar surface area (TPSA) is 71.1 Å². The standard InChI is InChI=1S/C11H16ClN3O/c1-7(16-2)6-15-9-5-3-4-8(12)10(9)11(13)14/h3-5,7,15H,6H2,1-2H3,(H3,13,14). The van der Waals surface area contributed by atoms with Crippen molar-refractivity contribution in [1.82, 2.24) is 0 Å². The summed E-state index contributed by atoms with van der Waals surface area (Å²) in [7, 11) is 1.65. The van der Waals surface area contributed by atoms with Gasteiger partial charge in [0.2, 0.25) is 0 Å². The number of rotatable bonds is 5. The first kappa shape index (κ1) is 12.8. The fraction of sp³-hybridized carbons (Fsp3) is 0.364. The predicted octanol–water partition coefficient (Wildman–Crippen LogP) is 2.07. The molecule has 0 fully saturated rings. The summed E-state index contributed by atoms with van der Waals surface area (Å²) < 4.78 is 5.12. The molecule has 4 N–H and O–H groups in total. The van der Waals surface area contributed by atoms with Crippen LogP contribution in [0.1, 0.15) is 12.5 Å². The summed E-state index contributed by atoms with van der Waals surface area (Å²) in [5, 5.41) is 11.1. The number of nitrogens with one attached hydrogen (secondary N) is 2. The number of anilines is 1. The van der Waals surface area contributed by atoms with E-state index in [1.54, 1.807) is 13.2 Å². The van der Waals surface area contributed by atoms with E-state index in [0.29, 0.717) is 17.1 Å². The molecule has 1 aromatic carbocycles. The lowest BCUT2D eigenvalue weighted by Crippen LogP contribution is -2.21. The van der Waals surface area contributed by atoms with Crippen LogP contribution in [-0.4, -0.2) is 25.6 Å². The maximum atomic E-state index is 7.47. The molecule has 1 atom stereocenters. The van der Waals surface area contributed by atoms with Gasteiger partial charge < -0.3 is 15.8 Å². The first-order valence-corrected chi connectivity index (χ1v) is 5.33. The van der Waals surface area contributed by atoms with Crippen LogP contribution in [0.3, 0.4) is 0 Å². The molecule has 1 rings (SSSR count). The second kappa shape index (κ2) is 5.72. The Labute approximate surface area is 100 Å². The molecule has 1 unspecified atom stereocenters. The summed E-state index contributed by atoms with van der Waals surface area (Å²) in [5.41, 5.74) is 6.77. The highest BCUT2D eigenvalue weighted by molar-refractivity contribution is 6.34. The van der Waals surface area contributed by atoms with Crippen molar-refractivity contribution in [1.29, 1.82) is 5.41 Å². The molecule has 0 aliphatic rings. The van der Waals surface area contributed by atoms with Gasteiger partial charge in [0.15, 0.2) is 0 Å². The average Bonchev–Trinajstić information content (AvgIpc) is 2.25. The molecule has 0 heterocycles. The van der Waals surface area contributed by atoms with Crippen molar-refractivity contribution in [2.75, 3.05) is 19.0 Å². The summed E-state index contributed by atoms with van der Waals surface area (Å²) in [6, 6.07) is 5.36. The molecule has 16 heavy (non-hydrogen) atoms. The molecular formula is C11H16ClN3O. The Morgan fingerprint density at radius 1 is 1.62 bits per heavy atom. The SMILES string of the molecule is COC(C)CNc1cccc(Cl)c1C(=N)N. The quantitative estimate of drug-likeness (QED) is 0.546. The van der Waals surface area contributed by atoms with Crippen LogP contribution in [0.15, 0.2) is 18.2 Å². The van der Waals surface area contributed by atoms with Gasteiger partial charge in [0.1, 0.15) is 5.84 Å². The first-order valence-electron chi connectivity index (χ1n) is 4.95. The van der Waals surface area contributed by atoms with Crippen LogP contribution in [0, 0.1) is 5.41 Å². The second-order valence-corrected chi connectivity index (χ2v) is 3.91. The van der Waals surface area contributed by atoms with Crippen molar-refractivity contribution in [3.8, 4) is 0 Å². The zero-order valence-electron chi connectivity index (χ0n) is 9.38. The van der Waals surface area contributed by atoms with E-state index in [-0.39, 0.29) is 11.9 Å². The van der Waals surface area contributed by atoms with Gasteiger partial charge >= 0.3 is 0 Å². The van der Waals surface area contributed by atoms with Gasteiger partial charge in [0, 0.05) is 19.3 Å². The van der Waals surface area contributed by atoms with Gasteiger partial charge in [0.05, 0.1) is 16.7 Å². The van der Waals surface area contributed by atoms with E-state index in [1.165, 1.54) is 0 Å². The van der Waals surface area contributed by atoms with Gasteiger partial charge in [-0.15, -0.1) is 0 Å². The molecule has 0 amide bonds. The molecule has 0 aromatic heterocycles. The van der Waals surface area contributed by atoms with E-state index in [4.69, 9.17) is 27.5 Å². The van der Waals surface area contributed by atoms with Crippen LogP contribution in [0.5, 0.6) is 0 Å². The predicted molar refractivity (Wildman–Crippen MR) is 67.4 cm³/mol. The number of hydrogen-bond donors (Lipinski definition) is 3.